The SMILES string of the molecule is Nc1ncn[nH]1.Nn1nccn1. The second kappa shape index (κ2) is 3.91. The van der Waals surface area contributed by atoms with E-state index in [1.165, 1.54) is 18.7 Å². The molecular weight excluding hydrogens is 160 g/mol. The van der Waals surface area contributed by atoms with Crippen molar-refractivity contribution >= 4 is 5.95 Å². The fourth-order valence-electron chi connectivity index (χ4n) is 0.441. The molecule has 0 spiro atoms. The normalized spacial score (nSPS) is 8.67. The van der Waals surface area contributed by atoms with Crippen LogP contribution in [0.15, 0.2) is 18.7 Å². The van der Waals surface area contributed by atoms with Crippen LogP contribution < -0.4 is 11.6 Å². The van der Waals surface area contributed by atoms with Gasteiger partial charge in [0.25, 0.3) is 0 Å². The van der Waals surface area contributed by atoms with E-state index in [2.05, 4.69) is 25.4 Å². The Morgan fingerprint density at radius 1 is 1.33 bits per heavy atom. The van der Waals surface area contributed by atoms with E-state index in [1.807, 2.05) is 0 Å². The quantitative estimate of drug-likeness (QED) is 0.406. The van der Waals surface area contributed by atoms with Crippen molar-refractivity contribution in [2.45, 2.75) is 0 Å². The van der Waals surface area contributed by atoms with Gasteiger partial charge in [-0.3, -0.25) is 0 Å². The fourth-order valence-corrected chi connectivity index (χ4v) is 0.441. The predicted molar refractivity (Wildman–Crippen MR) is 41.0 cm³/mol. The molecule has 5 N–H and O–H groups in total. The average molecular weight is 168 g/mol. The molecule has 0 amide bonds. The second-order valence-corrected chi connectivity index (χ2v) is 1.72. The number of nitrogens with two attached hydrogens (primary N) is 2. The second-order valence-electron chi connectivity index (χ2n) is 1.72. The predicted octanol–water partition coefficient (Wildman–Crippen LogP) is -1.62. The summed E-state index contributed by atoms with van der Waals surface area (Å²) in [4.78, 5) is 4.53. The summed E-state index contributed by atoms with van der Waals surface area (Å²) < 4.78 is 0. The minimum absolute atomic E-state index is 0.356. The molecule has 0 atom stereocenters. The van der Waals surface area contributed by atoms with Gasteiger partial charge in [-0.25, -0.2) is 10.1 Å². The largest absolute Gasteiger partial charge is 0.368 e. The van der Waals surface area contributed by atoms with Crippen molar-refractivity contribution in [3.63, 3.8) is 0 Å². The van der Waals surface area contributed by atoms with Gasteiger partial charge in [0.05, 0.1) is 12.4 Å². The average Bonchev–Trinajstić information content (AvgIpc) is 2.63. The molecule has 0 aliphatic carbocycles. The van der Waals surface area contributed by atoms with E-state index in [9.17, 15) is 0 Å². The molecule has 0 aromatic carbocycles. The van der Waals surface area contributed by atoms with Crippen molar-refractivity contribution in [3.8, 4) is 0 Å². The molecule has 8 heteroatoms. The number of nitrogen functional groups attached to an aromatic ring is 2. The van der Waals surface area contributed by atoms with Crippen molar-refractivity contribution in [2.75, 3.05) is 11.6 Å². The third kappa shape index (κ3) is 2.64. The van der Waals surface area contributed by atoms with E-state index in [-0.39, 0.29) is 0 Å². The minimum Gasteiger partial charge on any atom is -0.368 e. The van der Waals surface area contributed by atoms with Crippen molar-refractivity contribution in [1.82, 2.24) is 30.3 Å². The number of hydrogen-bond acceptors (Lipinski definition) is 6. The molecule has 0 saturated heterocycles. The number of aromatic amines is 1. The van der Waals surface area contributed by atoms with E-state index in [0.717, 1.165) is 4.91 Å². The van der Waals surface area contributed by atoms with Crippen LogP contribution in [0.4, 0.5) is 5.95 Å². The zero-order valence-electron chi connectivity index (χ0n) is 6.12. The lowest BCUT2D eigenvalue weighted by Crippen LogP contribution is -2.10. The van der Waals surface area contributed by atoms with Crippen LogP contribution in [-0.4, -0.2) is 30.3 Å². The van der Waals surface area contributed by atoms with Crippen LogP contribution in [0.25, 0.3) is 0 Å². The molecule has 0 fully saturated rings. The first-order valence-electron chi connectivity index (χ1n) is 3.01. The Hall–Kier alpha value is -2.12. The van der Waals surface area contributed by atoms with Gasteiger partial charge in [0.2, 0.25) is 5.95 Å². The Morgan fingerprint density at radius 2 is 2.00 bits per heavy atom. The standard InChI is InChI=1S/2C2H4N4/c3-2-4-1-5-6-2;3-6-4-1-2-5-6/h1H,(H3,3,4,5,6);1-2H,3H2. The highest BCUT2D eigenvalue weighted by atomic mass is 15.6. The van der Waals surface area contributed by atoms with Crippen molar-refractivity contribution in [3.05, 3.63) is 18.7 Å². The molecule has 0 saturated carbocycles. The Balaban J connectivity index is 0.000000120. The molecular formula is C4H8N8. The highest BCUT2D eigenvalue weighted by Crippen LogP contribution is 1.76. The van der Waals surface area contributed by atoms with Crippen LogP contribution in [0.5, 0.6) is 0 Å². The van der Waals surface area contributed by atoms with E-state index in [4.69, 9.17) is 11.6 Å². The first-order valence-corrected chi connectivity index (χ1v) is 3.01. The molecule has 2 heterocycles. The Morgan fingerprint density at radius 3 is 2.17 bits per heavy atom. The monoisotopic (exact) mass is 168 g/mol. The summed E-state index contributed by atoms with van der Waals surface area (Å²) in [6, 6.07) is 0. The van der Waals surface area contributed by atoms with Crippen LogP contribution >= 0.6 is 0 Å². The number of anilines is 1. The van der Waals surface area contributed by atoms with E-state index in [0.29, 0.717) is 5.95 Å². The lowest BCUT2D eigenvalue weighted by atomic mass is 11.0. The molecule has 2 aromatic heterocycles. The van der Waals surface area contributed by atoms with Gasteiger partial charge < -0.3 is 11.6 Å². The highest BCUT2D eigenvalue weighted by molar-refractivity contribution is 5.07. The molecule has 8 nitrogen and oxygen atoms in total. The van der Waals surface area contributed by atoms with Gasteiger partial charge in [-0.2, -0.15) is 5.10 Å². The molecule has 0 aliphatic heterocycles. The first-order chi connectivity index (χ1) is 5.79. The minimum atomic E-state index is 0.356. The van der Waals surface area contributed by atoms with Gasteiger partial charge in [0.15, 0.2) is 0 Å². The Bertz CT molecular complexity index is 250. The molecule has 12 heavy (non-hydrogen) atoms. The fraction of sp³-hybridized carbons (Fsp3) is 0. The summed E-state index contributed by atoms with van der Waals surface area (Å²) in [7, 11) is 0. The van der Waals surface area contributed by atoms with Crippen molar-refractivity contribution in [1.29, 1.82) is 0 Å². The number of nitrogens with zero attached hydrogens (tertiary/aromatic N) is 5. The van der Waals surface area contributed by atoms with Gasteiger partial charge in [-0.15, -0.1) is 10.2 Å². The topological polar surface area (TPSA) is 124 Å². The maximum absolute atomic E-state index is 5.05. The Labute approximate surface area is 67.6 Å². The van der Waals surface area contributed by atoms with Crippen LogP contribution in [-0.2, 0) is 0 Å². The summed E-state index contributed by atoms with van der Waals surface area (Å²) in [5.41, 5.74) is 5.05. The summed E-state index contributed by atoms with van der Waals surface area (Å²) in [5, 5.41) is 12.9. The summed E-state index contributed by atoms with van der Waals surface area (Å²) in [5.74, 6) is 5.33. The smallest absolute Gasteiger partial charge is 0.215 e. The van der Waals surface area contributed by atoms with Crippen LogP contribution in [0.2, 0.25) is 0 Å². The number of nitrogens with one attached hydrogen (secondary N) is 1. The summed E-state index contributed by atoms with van der Waals surface area (Å²) in [6.45, 7) is 0. The van der Waals surface area contributed by atoms with E-state index in [1.54, 1.807) is 0 Å². The van der Waals surface area contributed by atoms with E-state index < -0.39 is 0 Å². The van der Waals surface area contributed by atoms with Crippen LogP contribution in [0.3, 0.4) is 0 Å². The third-order valence-corrected chi connectivity index (χ3v) is 0.870. The van der Waals surface area contributed by atoms with Crippen LogP contribution in [0.1, 0.15) is 0 Å². The molecule has 0 unspecified atom stereocenters. The number of rotatable bonds is 0. The zero-order valence-corrected chi connectivity index (χ0v) is 6.12. The number of aromatic nitrogens is 6. The van der Waals surface area contributed by atoms with Gasteiger partial charge >= 0.3 is 0 Å². The molecule has 0 bridgehead atoms. The first kappa shape index (κ1) is 7.98. The maximum atomic E-state index is 5.05. The van der Waals surface area contributed by atoms with Gasteiger partial charge in [0.1, 0.15) is 6.33 Å². The third-order valence-electron chi connectivity index (χ3n) is 0.870. The maximum Gasteiger partial charge on any atom is 0.215 e. The molecule has 0 aliphatic rings. The van der Waals surface area contributed by atoms with Crippen molar-refractivity contribution in [2.24, 2.45) is 0 Å². The molecule has 2 rings (SSSR count). The van der Waals surface area contributed by atoms with Gasteiger partial charge in [-0.1, -0.05) is 4.91 Å². The molecule has 64 valence electrons. The lowest BCUT2D eigenvalue weighted by molar-refractivity contribution is 0.708. The summed E-state index contributed by atoms with van der Waals surface area (Å²) >= 11 is 0. The Kier molecular flexibility index (Phi) is 2.60. The molecule has 2 aromatic rings. The highest BCUT2D eigenvalue weighted by Gasteiger charge is 1.75. The lowest BCUT2D eigenvalue weighted by Gasteiger charge is -1.76. The van der Waals surface area contributed by atoms with E-state index >= 15 is 0 Å². The van der Waals surface area contributed by atoms with Crippen molar-refractivity contribution < 1.29 is 0 Å². The number of H-pyrrole nitrogens is 1. The number of hydrogen-bond donors (Lipinski definition) is 3. The summed E-state index contributed by atoms with van der Waals surface area (Å²) in [6.07, 6.45) is 4.38. The zero-order chi connectivity index (χ0) is 8.81. The van der Waals surface area contributed by atoms with Crippen LogP contribution in [0, 0.1) is 0 Å². The molecule has 0 radical (unpaired) electrons. The van der Waals surface area contributed by atoms with Gasteiger partial charge in [-0.05, 0) is 0 Å². The van der Waals surface area contributed by atoms with Gasteiger partial charge in [0, 0.05) is 0 Å².